The number of carbonyl (C=O) groups excluding carboxylic acids is 3. The molecule has 9 nitrogen and oxygen atoms in total. The zero-order chi connectivity index (χ0) is 25.9. The Kier molecular flexibility index (Phi) is 8.00. The van der Waals surface area contributed by atoms with E-state index in [-0.39, 0.29) is 43.1 Å². The Morgan fingerprint density at radius 1 is 1.20 bits per heavy atom. The normalized spacial score (nSPS) is 19.8. The average molecular weight is 485 g/mol. The van der Waals surface area contributed by atoms with E-state index in [2.05, 4.69) is 15.6 Å². The second-order valence-corrected chi connectivity index (χ2v) is 10.2. The first-order valence-corrected chi connectivity index (χ1v) is 12.0. The minimum Gasteiger partial charge on any atom is -0.443 e. The standard InChI is InChI=1S/C26H36N4O5/c1-7-21(32)29-23(26(4,5)6)25(34)30-13-19(31)12-20(30)24(33)28-15(2)17-8-10-18(11-9-17)22-16(3)27-14-35-22/h8-11,14-15,19-20,23,31H,7,12-13H2,1-6H3,(H,28,33)(H,29,32)/t15-,19+,20-,23+/m0/s1. The summed E-state index contributed by atoms with van der Waals surface area (Å²) >= 11 is 0. The molecule has 0 saturated carbocycles. The van der Waals surface area contributed by atoms with Crippen molar-refractivity contribution in [2.45, 2.75) is 78.6 Å². The summed E-state index contributed by atoms with van der Waals surface area (Å²) < 4.78 is 5.43. The summed E-state index contributed by atoms with van der Waals surface area (Å²) in [5.74, 6) is -0.245. The molecule has 0 aliphatic carbocycles. The molecule has 3 rings (SSSR count). The summed E-state index contributed by atoms with van der Waals surface area (Å²) in [5.41, 5.74) is 2.01. The predicted octanol–water partition coefficient (Wildman–Crippen LogP) is 2.73. The van der Waals surface area contributed by atoms with Gasteiger partial charge in [0.15, 0.2) is 12.2 Å². The summed E-state index contributed by atoms with van der Waals surface area (Å²) in [5, 5.41) is 16.1. The molecular formula is C26H36N4O5. The predicted molar refractivity (Wildman–Crippen MR) is 131 cm³/mol. The van der Waals surface area contributed by atoms with Crippen LogP contribution in [0.2, 0.25) is 0 Å². The number of rotatable bonds is 7. The Morgan fingerprint density at radius 2 is 1.86 bits per heavy atom. The highest BCUT2D eigenvalue weighted by atomic mass is 16.3. The van der Waals surface area contributed by atoms with Crippen molar-refractivity contribution >= 4 is 17.7 Å². The summed E-state index contributed by atoms with van der Waals surface area (Å²) in [4.78, 5) is 44.2. The van der Waals surface area contributed by atoms with E-state index in [4.69, 9.17) is 4.42 Å². The summed E-state index contributed by atoms with van der Waals surface area (Å²) in [7, 11) is 0. The van der Waals surface area contributed by atoms with Gasteiger partial charge in [0.05, 0.1) is 17.8 Å². The molecule has 35 heavy (non-hydrogen) atoms. The molecule has 9 heteroatoms. The van der Waals surface area contributed by atoms with Gasteiger partial charge >= 0.3 is 0 Å². The fourth-order valence-electron chi connectivity index (χ4n) is 4.28. The molecule has 4 atom stereocenters. The van der Waals surface area contributed by atoms with Crippen molar-refractivity contribution < 1.29 is 23.9 Å². The van der Waals surface area contributed by atoms with Crippen molar-refractivity contribution in [3.63, 3.8) is 0 Å². The monoisotopic (exact) mass is 484 g/mol. The van der Waals surface area contributed by atoms with E-state index in [1.165, 1.54) is 11.3 Å². The number of nitrogens with zero attached hydrogens (tertiary/aromatic N) is 2. The number of aromatic nitrogens is 1. The minimum absolute atomic E-state index is 0.0467. The lowest BCUT2D eigenvalue weighted by molar-refractivity contribution is -0.144. The molecule has 1 aliphatic rings. The van der Waals surface area contributed by atoms with Crippen LogP contribution in [0.15, 0.2) is 35.1 Å². The van der Waals surface area contributed by atoms with Crippen LogP contribution in [0, 0.1) is 12.3 Å². The van der Waals surface area contributed by atoms with Crippen LogP contribution < -0.4 is 10.6 Å². The Hall–Kier alpha value is -3.20. The molecule has 0 spiro atoms. The second-order valence-electron chi connectivity index (χ2n) is 10.2. The van der Waals surface area contributed by atoms with Crippen molar-refractivity contribution in [2.75, 3.05) is 6.54 Å². The molecule has 1 aromatic carbocycles. The number of oxazole rings is 1. The minimum atomic E-state index is -0.820. The maximum absolute atomic E-state index is 13.4. The second kappa shape index (κ2) is 10.6. The van der Waals surface area contributed by atoms with Crippen molar-refractivity contribution in [2.24, 2.45) is 5.41 Å². The fraction of sp³-hybridized carbons (Fsp3) is 0.538. The molecule has 1 fully saturated rings. The van der Waals surface area contributed by atoms with Gasteiger partial charge in [-0.15, -0.1) is 0 Å². The van der Waals surface area contributed by atoms with Crippen LogP contribution in [0.3, 0.4) is 0 Å². The van der Waals surface area contributed by atoms with Gasteiger partial charge in [0.2, 0.25) is 17.7 Å². The number of benzene rings is 1. The summed E-state index contributed by atoms with van der Waals surface area (Å²) in [6, 6.07) is 5.69. The molecule has 0 radical (unpaired) electrons. The van der Waals surface area contributed by atoms with Gasteiger partial charge in [0.1, 0.15) is 12.1 Å². The van der Waals surface area contributed by atoms with E-state index < -0.39 is 23.6 Å². The van der Waals surface area contributed by atoms with Gasteiger partial charge in [-0.1, -0.05) is 52.0 Å². The molecule has 1 saturated heterocycles. The molecule has 1 aromatic heterocycles. The van der Waals surface area contributed by atoms with Crippen LogP contribution in [-0.2, 0) is 14.4 Å². The van der Waals surface area contributed by atoms with Crippen LogP contribution in [0.1, 0.15) is 64.8 Å². The lowest BCUT2D eigenvalue weighted by atomic mass is 9.85. The van der Waals surface area contributed by atoms with Crippen molar-refractivity contribution in [3.05, 3.63) is 41.9 Å². The van der Waals surface area contributed by atoms with Gasteiger partial charge in [0, 0.05) is 24.9 Å². The van der Waals surface area contributed by atoms with Crippen LogP contribution >= 0.6 is 0 Å². The first-order chi connectivity index (χ1) is 16.4. The van der Waals surface area contributed by atoms with E-state index in [1.54, 1.807) is 6.92 Å². The Labute approximate surface area is 206 Å². The Bertz CT molecular complexity index is 1060. The third kappa shape index (κ3) is 6.08. The average Bonchev–Trinajstić information content (AvgIpc) is 3.41. The van der Waals surface area contributed by atoms with Crippen LogP contribution in [-0.4, -0.2) is 57.4 Å². The fourth-order valence-corrected chi connectivity index (χ4v) is 4.28. The van der Waals surface area contributed by atoms with Crippen molar-refractivity contribution in [1.29, 1.82) is 0 Å². The highest BCUT2D eigenvalue weighted by Crippen LogP contribution is 2.28. The maximum atomic E-state index is 13.4. The number of aliphatic hydroxyl groups excluding tert-OH is 1. The molecule has 1 aliphatic heterocycles. The van der Waals surface area contributed by atoms with Gasteiger partial charge in [-0.3, -0.25) is 14.4 Å². The smallest absolute Gasteiger partial charge is 0.246 e. The molecular weight excluding hydrogens is 448 g/mol. The van der Waals surface area contributed by atoms with Crippen LogP contribution in [0.25, 0.3) is 11.3 Å². The lowest BCUT2D eigenvalue weighted by Gasteiger charge is -2.35. The zero-order valence-corrected chi connectivity index (χ0v) is 21.3. The van der Waals surface area contributed by atoms with Crippen molar-refractivity contribution in [1.82, 2.24) is 20.5 Å². The molecule has 0 bridgehead atoms. The SMILES string of the molecule is CCC(=O)N[C@H](C(=O)N1C[C@H](O)C[C@H]1C(=O)N[C@@H](C)c1ccc(-c2ocnc2C)cc1)C(C)(C)C. The number of carbonyl (C=O) groups is 3. The number of aliphatic hydroxyl groups is 1. The first kappa shape index (κ1) is 26.4. The van der Waals surface area contributed by atoms with E-state index in [9.17, 15) is 19.5 Å². The van der Waals surface area contributed by atoms with Gasteiger partial charge in [-0.2, -0.15) is 0 Å². The quantitative estimate of drug-likeness (QED) is 0.555. The molecule has 2 heterocycles. The first-order valence-electron chi connectivity index (χ1n) is 12.0. The van der Waals surface area contributed by atoms with Crippen LogP contribution in [0.4, 0.5) is 0 Å². The molecule has 190 valence electrons. The van der Waals surface area contributed by atoms with E-state index in [0.717, 1.165) is 16.8 Å². The molecule has 3 N–H and O–H groups in total. The molecule has 2 aromatic rings. The Morgan fingerprint density at radius 3 is 2.40 bits per heavy atom. The van der Waals surface area contributed by atoms with E-state index >= 15 is 0 Å². The highest BCUT2D eigenvalue weighted by molar-refractivity contribution is 5.93. The van der Waals surface area contributed by atoms with Gasteiger partial charge in [-0.25, -0.2) is 4.98 Å². The molecule has 3 amide bonds. The number of hydrogen-bond acceptors (Lipinski definition) is 6. The highest BCUT2D eigenvalue weighted by Gasteiger charge is 2.44. The zero-order valence-electron chi connectivity index (χ0n) is 21.3. The number of aryl methyl sites for hydroxylation is 1. The van der Waals surface area contributed by atoms with Crippen LogP contribution in [0.5, 0.6) is 0 Å². The summed E-state index contributed by atoms with van der Waals surface area (Å²) in [6.07, 6.45) is 0.991. The number of likely N-dealkylation sites (tertiary alicyclic amines) is 1. The van der Waals surface area contributed by atoms with E-state index in [0.29, 0.717) is 5.76 Å². The third-order valence-corrected chi connectivity index (χ3v) is 6.38. The third-order valence-electron chi connectivity index (χ3n) is 6.38. The number of nitrogens with one attached hydrogen (secondary N) is 2. The summed E-state index contributed by atoms with van der Waals surface area (Å²) in [6.45, 7) is 11.1. The number of β-amino-alcohol motifs (C(OH)–C–C–N with tert-alkyl or cyclic N) is 1. The lowest BCUT2D eigenvalue weighted by Crippen LogP contribution is -2.57. The number of amides is 3. The van der Waals surface area contributed by atoms with Crippen molar-refractivity contribution in [3.8, 4) is 11.3 Å². The van der Waals surface area contributed by atoms with Gasteiger partial charge in [-0.05, 0) is 24.8 Å². The number of hydrogen-bond donors (Lipinski definition) is 3. The topological polar surface area (TPSA) is 125 Å². The largest absolute Gasteiger partial charge is 0.443 e. The molecule has 0 unspecified atom stereocenters. The van der Waals surface area contributed by atoms with Gasteiger partial charge in [0.25, 0.3) is 0 Å². The Balaban J connectivity index is 1.73. The van der Waals surface area contributed by atoms with E-state index in [1.807, 2.05) is 58.9 Å². The van der Waals surface area contributed by atoms with Gasteiger partial charge < -0.3 is 25.1 Å². The maximum Gasteiger partial charge on any atom is 0.246 e.